The van der Waals surface area contributed by atoms with E-state index in [-0.39, 0.29) is 5.97 Å². The molecule has 0 heterocycles. The fraction of sp³-hybridized carbons (Fsp3) is 0.200. The van der Waals surface area contributed by atoms with Gasteiger partial charge in [0.2, 0.25) is 0 Å². The van der Waals surface area contributed by atoms with E-state index >= 15 is 0 Å². The third kappa shape index (κ3) is 2.12. The summed E-state index contributed by atoms with van der Waals surface area (Å²) in [6.07, 6.45) is 0. The zero-order chi connectivity index (χ0) is 10.6. The first-order valence-electron chi connectivity index (χ1n) is 3.87. The summed E-state index contributed by atoms with van der Waals surface area (Å²) in [6, 6.07) is 4.88. The van der Waals surface area contributed by atoms with Crippen LogP contribution < -0.4 is 0 Å². The van der Waals surface area contributed by atoms with Crippen molar-refractivity contribution in [3.63, 3.8) is 0 Å². The lowest BCUT2D eigenvalue weighted by Gasteiger charge is -2.05. The van der Waals surface area contributed by atoms with Gasteiger partial charge in [0.15, 0.2) is 5.69 Å². The standard InChI is InChI=1S/C10H8BrNO2/c1-12-8-3-4-9(10(13)14-2)7(5-8)6-11/h3-5H,6H2,2H3. The number of halogens is 1. The molecule has 4 heteroatoms. The summed E-state index contributed by atoms with van der Waals surface area (Å²) in [5.41, 5.74) is 1.79. The van der Waals surface area contributed by atoms with Gasteiger partial charge in [-0.1, -0.05) is 34.1 Å². The number of benzene rings is 1. The van der Waals surface area contributed by atoms with Crippen molar-refractivity contribution in [3.8, 4) is 0 Å². The highest BCUT2D eigenvalue weighted by molar-refractivity contribution is 9.08. The molecular formula is C10H8BrNO2. The number of carbonyl (C=O) groups is 1. The molecule has 0 saturated carbocycles. The van der Waals surface area contributed by atoms with Crippen molar-refractivity contribution in [2.45, 2.75) is 5.33 Å². The van der Waals surface area contributed by atoms with Crippen LogP contribution in [0.1, 0.15) is 15.9 Å². The number of nitrogens with zero attached hydrogens (tertiary/aromatic N) is 1. The second kappa shape index (κ2) is 4.77. The fourth-order valence-corrected chi connectivity index (χ4v) is 1.53. The Labute approximate surface area is 90.6 Å². The zero-order valence-corrected chi connectivity index (χ0v) is 9.17. The minimum Gasteiger partial charge on any atom is -0.465 e. The molecule has 14 heavy (non-hydrogen) atoms. The van der Waals surface area contributed by atoms with Crippen molar-refractivity contribution >= 4 is 27.6 Å². The first kappa shape index (κ1) is 10.7. The highest BCUT2D eigenvalue weighted by atomic mass is 79.9. The van der Waals surface area contributed by atoms with Crippen molar-refractivity contribution in [2.24, 2.45) is 0 Å². The number of alkyl halides is 1. The molecule has 0 unspecified atom stereocenters. The number of esters is 1. The van der Waals surface area contributed by atoms with Crippen LogP contribution in [0.2, 0.25) is 0 Å². The quantitative estimate of drug-likeness (QED) is 0.461. The number of hydrogen-bond acceptors (Lipinski definition) is 2. The number of rotatable bonds is 2. The summed E-state index contributed by atoms with van der Waals surface area (Å²) in [5, 5.41) is 0.529. The Hall–Kier alpha value is -1.34. The zero-order valence-electron chi connectivity index (χ0n) is 7.58. The van der Waals surface area contributed by atoms with Gasteiger partial charge in [-0.3, -0.25) is 0 Å². The van der Waals surface area contributed by atoms with Gasteiger partial charge >= 0.3 is 5.97 Å². The van der Waals surface area contributed by atoms with Crippen LogP contribution in [-0.4, -0.2) is 13.1 Å². The summed E-state index contributed by atoms with van der Waals surface area (Å²) in [7, 11) is 1.34. The number of methoxy groups -OCH3 is 1. The molecule has 72 valence electrons. The van der Waals surface area contributed by atoms with E-state index in [1.807, 2.05) is 0 Å². The third-order valence-corrected chi connectivity index (χ3v) is 2.37. The van der Waals surface area contributed by atoms with Gasteiger partial charge in [0, 0.05) is 5.33 Å². The summed E-state index contributed by atoms with van der Waals surface area (Å²) in [4.78, 5) is 14.6. The Morgan fingerprint density at radius 1 is 1.64 bits per heavy atom. The fourth-order valence-electron chi connectivity index (χ4n) is 1.07. The Balaban J connectivity index is 3.19. The second-order valence-electron chi connectivity index (χ2n) is 2.58. The molecule has 0 aliphatic carbocycles. The SMILES string of the molecule is [C-]#[N+]c1ccc(C(=O)OC)c(CBr)c1. The molecule has 0 saturated heterocycles. The van der Waals surface area contributed by atoms with Crippen LogP contribution in [0.3, 0.4) is 0 Å². The van der Waals surface area contributed by atoms with Crippen molar-refractivity contribution in [3.05, 3.63) is 40.7 Å². The topological polar surface area (TPSA) is 30.7 Å². The monoisotopic (exact) mass is 253 g/mol. The molecule has 0 aromatic heterocycles. The Bertz CT molecular complexity index is 396. The molecule has 1 rings (SSSR count). The van der Waals surface area contributed by atoms with Crippen LogP contribution >= 0.6 is 15.9 Å². The summed E-state index contributed by atoms with van der Waals surface area (Å²) >= 11 is 3.26. The van der Waals surface area contributed by atoms with Gasteiger partial charge in [-0.15, -0.1) is 0 Å². The smallest absolute Gasteiger partial charge is 0.338 e. The molecule has 1 aromatic rings. The van der Waals surface area contributed by atoms with E-state index in [0.717, 1.165) is 5.56 Å². The first-order valence-corrected chi connectivity index (χ1v) is 4.99. The van der Waals surface area contributed by atoms with Gasteiger partial charge in [-0.2, -0.15) is 0 Å². The molecule has 3 nitrogen and oxygen atoms in total. The minimum absolute atomic E-state index is 0.379. The van der Waals surface area contributed by atoms with Gasteiger partial charge in [-0.05, 0) is 5.56 Å². The number of ether oxygens (including phenoxy) is 1. The summed E-state index contributed by atoms with van der Waals surface area (Å²) in [6.45, 7) is 6.83. The molecule has 0 aliphatic heterocycles. The van der Waals surface area contributed by atoms with E-state index in [0.29, 0.717) is 16.6 Å². The van der Waals surface area contributed by atoms with E-state index in [4.69, 9.17) is 6.57 Å². The van der Waals surface area contributed by atoms with E-state index in [9.17, 15) is 4.79 Å². The van der Waals surface area contributed by atoms with Crippen LogP contribution in [0.4, 0.5) is 5.69 Å². The minimum atomic E-state index is -0.379. The second-order valence-corrected chi connectivity index (χ2v) is 3.14. The predicted molar refractivity (Wildman–Crippen MR) is 56.7 cm³/mol. The van der Waals surface area contributed by atoms with Gasteiger partial charge in [-0.25, -0.2) is 9.64 Å². The van der Waals surface area contributed by atoms with Crippen molar-refractivity contribution in [1.29, 1.82) is 0 Å². The van der Waals surface area contributed by atoms with Gasteiger partial charge < -0.3 is 4.74 Å². The van der Waals surface area contributed by atoms with E-state index in [2.05, 4.69) is 25.5 Å². The molecule has 0 N–H and O–H groups in total. The molecule has 0 atom stereocenters. The maximum absolute atomic E-state index is 11.3. The molecule has 0 radical (unpaired) electrons. The third-order valence-electron chi connectivity index (χ3n) is 1.77. The van der Waals surface area contributed by atoms with E-state index < -0.39 is 0 Å². The summed E-state index contributed by atoms with van der Waals surface area (Å²) in [5.74, 6) is -0.379. The van der Waals surface area contributed by atoms with E-state index in [1.54, 1.807) is 18.2 Å². The van der Waals surface area contributed by atoms with Crippen molar-refractivity contribution < 1.29 is 9.53 Å². The predicted octanol–water partition coefficient (Wildman–Crippen LogP) is 2.92. The van der Waals surface area contributed by atoms with Crippen molar-refractivity contribution in [2.75, 3.05) is 7.11 Å². The van der Waals surface area contributed by atoms with Crippen LogP contribution in [-0.2, 0) is 10.1 Å². The van der Waals surface area contributed by atoms with Crippen LogP contribution in [0, 0.1) is 6.57 Å². The first-order chi connectivity index (χ1) is 6.72. The average molecular weight is 254 g/mol. The lowest BCUT2D eigenvalue weighted by atomic mass is 10.1. The molecule has 1 aromatic carbocycles. The van der Waals surface area contributed by atoms with Crippen LogP contribution in [0.25, 0.3) is 4.85 Å². The Morgan fingerprint density at radius 2 is 2.36 bits per heavy atom. The largest absolute Gasteiger partial charge is 0.465 e. The molecule has 0 spiro atoms. The maximum atomic E-state index is 11.3. The molecule has 0 amide bonds. The molecule has 0 fully saturated rings. The molecule has 0 aliphatic rings. The van der Waals surface area contributed by atoms with E-state index in [1.165, 1.54) is 7.11 Å². The summed E-state index contributed by atoms with van der Waals surface area (Å²) < 4.78 is 4.62. The van der Waals surface area contributed by atoms with Gasteiger partial charge in [0.05, 0.1) is 19.2 Å². The van der Waals surface area contributed by atoms with Gasteiger partial charge in [0.25, 0.3) is 0 Å². The number of hydrogen-bond donors (Lipinski definition) is 0. The van der Waals surface area contributed by atoms with Crippen LogP contribution in [0.5, 0.6) is 0 Å². The lowest BCUT2D eigenvalue weighted by molar-refractivity contribution is 0.0600. The molecular weight excluding hydrogens is 246 g/mol. The Morgan fingerprint density at radius 3 is 2.86 bits per heavy atom. The highest BCUT2D eigenvalue weighted by Gasteiger charge is 2.10. The van der Waals surface area contributed by atoms with Crippen LogP contribution in [0.15, 0.2) is 18.2 Å². The number of carbonyl (C=O) groups excluding carboxylic acids is 1. The van der Waals surface area contributed by atoms with Gasteiger partial charge in [0.1, 0.15) is 0 Å². The highest BCUT2D eigenvalue weighted by Crippen LogP contribution is 2.21. The normalized spacial score (nSPS) is 9.21. The average Bonchev–Trinajstić information content (AvgIpc) is 2.27. The molecule has 0 bridgehead atoms. The maximum Gasteiger partial charge on any atom is 0.338 e. The Kier molecular flexibility index (Phi) is 3.66. The lowest BCUT2D eigenvalue weighted by Crippen LogP contribution is -2.04. The van der Waals surface area contributed by atoms with Crippen molar-refractivity contribution in [1.82, 2.24) is 0 Å².